The summed E-state index contributed by atoms with van der Waals surface area (Å²) in [6.45, 7) is 3.92. The third kappa shape index (κ3) is 3.78. The number of ether oxygens (including phenoxy) is 2. The van der Waals surface area contributed by atoms with Gasteiger partial charge in [0.2, 0.25) is 0 Å². The van der Waals surface area contributed by atoms with Gasteiger partial charge in [-0.05, 0) is 0 Å². The molecule has 4 heteroatoms. The monoisotopic (exact) mass is 380 g/mol. The molecule has 0 saturated heterocycles. The Bertz CT molecular complexity index is 622. The van der Waals surface area contributed by atoms with Gasteiger partial charge < -0.3 is 0 Å². The molecule has 0 bridgehead atoms. The van der Waals surface area contributed by atoms with Crippen molar-refractivity contribution in [1.29, 1.82) is 0 Å². The van der Waals surface area contributed by atoms with E-state index in [9.17, 15) is 5.11 Å². The normalized spacial score (nSPS) is 15.0. The number of hydrogen-bond donors (Lipinski definition) is 1. The fourth-order valence-electron chi connectivity index (χ4n) is 2.71. The average molecular weight is 379 g/mol. The summed E-state index contributed by atoms with van der Waals surface area (Å²) in [5.41, 5.74) is 2.03. The Balaban J connectivity index is 2.50. The first-order valence-corrected chi connectivity index (χ1v) is 9.44. The molecule has 0 fully saturated rings. The Morgan fingerprint density at radius 2 is 1.78 bits per heavy atom. The molecule has 0 saturated carbocycles. The second-order valence-corrected chi connectivity index (χ2v) is 8.06. The van der Waals surface area contributed by atoms with Crippen LogP contribution in [0.15, 0.2) is 48.5 Å². The molecule has 2 aromatic carbocycles. The number of methoxy groups -OCH3 is 2. The van der Waals surface area contributed by atoms with Crippen LogP contribution in [0.2, 0.25) is 0 Å². The van der Waals surface area contributed by atoms with Crippen LogP contribution in [-0.4, -0.2) is 34.3 Å². The van der Waals surface area contributed by atoms with Gasteiger partial charge in [-0.25, -0.2) is 0 Å². The summed E-state index contributed by atoms with van der Waals surface area (Å²) in [6, 6.07) is 16.2. The van der Waals surface area contributed by atoms with E-state index in [2.05, 4.69) is 25.1 Å². The second-order valence-electron chi connectivity index (χ2n) is 5.33. The van der Waals surface area contributed by atoms with Gasteiger partial charge in [0.1, 0.15) is 0 Å². The van der Waals surface area contributed by atoms with Crippen LogP contribution >= 0.6 is 0 Å². The topological polar surface area (TPSA) is 38.7 Å². The van der Waals surface area contributed by atoms with E-state index in [-0.39, 0.29) is 19.5 Å². The summed E-state index contributed by atoms with van der Waals surface area (Å²) in [5.74, 6) is 0.730. The summed E-state index contributed by atoms with van der Waals surface area (Å²) in [5, 5.41) is 10.2. The number of aliphatic hydroxyl groups is 1. The summed E-state index contributed by atoms with van der Waals surface area (Å²) in [6.07, 6.45) is 0.287. The van der Waals surface area contributed by atoms with E-state index in [0.717, 1.165) is 22.2 Å². The first-order chi connectivity index (χ1) is 11.1. The van der Waals surface area contributed by atoms with Crippen LogP contribution in [0.4, 0.5) is 0 Å². The van der Waals surface area contributed by atoms with Gasteiger partial charge in [0.25, 0.3) is 0 Å². The zero-order valence-electron chi connectivity index (χ0n) is 14.1. The Morgan fingerprint density at radius 3 is 2.30 bits per heavy atom. The molecule has 0 unspecified atom stereocenters. The van der Waals surface area contributed by atoms with E-state index >= 15 is 0 Å². The molecule has 0 aliphatic carbocycles. The maximum absolute atomic E-state index is 10.2. The Labute approximate surface area is 144 Å². The van der Waals surface area contributed by atoms with E-state index < -0.39 is 6.10 Å². The molecule has 23 heavy (non-hydrogen) atoms. The number of rotatable bonds is 7. The van der Waals surface area contributed by atoms with Crippen molar-refractivity contribution in [2.45, 2.75) is 30.9 Å². The van der Waals surface area contributed by atoms with Crippen LogP contribution < -0.4 is 9.20 Å². The molecule has 2 rings (SSSR count). The molecule has 0 heterocycles. The molecule has 124 valence electrons. The van der Waals surface area contributed by atoms with Crippen molar-refractivity contribution in [3.63, 3.8) is 0 Å². The Morgan fingerprint density at radius 1 is 1.09 bits per heavy atom. The molecule has 0 radical (unpaired) electrons. The number of benzene rings is 2. The fourth-order valence-corrected chi connectivity index (χ4v) is 5.57. The van der Waals surface area contributed by atoms with Crippen LogP contribution in [0.3, 0.4) is 0 Å². The van der Waals surface area contributed by atoms with Crippen molar-refractivity contribution < 1.29 is 14.6 Å². The quantitative estimate of drug-likeness (QED) is 0.752. The molecule has 0 spiro atoms. The number of hydrogen-bond acceptors (Lipinski definition) is 3. The second kappa shape index (κ2) is 7.98. The molecular formula is C19H24O3Se. The first-order valence-electron chi connectivity index (χ1n) is 7.72. The van der Waals surface area contributed by atoms with Crippen LogP contribution in [0, 0.1) is 0 Å². The van der Waals surface area contributed by atoms with Gasteiger partial charge >= 0.3 is 144 Å². The van der Waals surface area contributed by atoms with Crippen LogP contribution in [0.25, 0.3) is 0 Å². The Kier molecular flexibility index (Phi) is 6.25. The molecule has 3 nitrogen and oxygen atoms in total. The molecule has 2 atom stereocenters. The van der Waals surface area contributed by atoms with Crippen LogP contribution in [0.1, 0.15) is 37.5 Å². The molecule has 0 aromatic heterocycles. The van der Waals surface area contributed by atoms with E-state index in [1.807, 2.05) is 30.3 Å². The molecular weight excluding hydrogens is 355 g/mol. The minimum absolute atomic E-state index is 0.0152. The third-order valence-corrected chi connectivity index (χ3v) is 7.30. The molecule has 1 N–H and O–H groups in total. The van der Waals surface area contributed by atoms with Crippen LogP contribution in [0.5, 0.6) is 5.75 Å². The molecule has 2 aromatic rings. The summed E-state index contributed by atoms with van der Waals surface area (Å²) in [7, 11) is 3.40. The van der Waals surface area contributed by atoms with Gasteiger partial charge in [-0.15, -0.1) is 0 Å². The van der Waals surface area contributed by atoms with Crippen molar-refractivity contribution >= 4 is 19.4 Å². The molecule has 0 aliphatic rings. The average Bonchev–Trinajstić information content (AvgIpc) is 2.60. The van der Waals surface area contributed by atoms with Crippen molar-refractivity contribution in [2.75, 3.05) is 14.2 Å². The SMILES string of the molecule is CC[C@@](OC)([Se]c1cccc(OC)c1[C@H](C)O)c1ccccc1. The predicted octanol–water partition coefficient (Wildman–Crippen LogP) is 2.99. The van der Waals surface area contributed by atoms with E-state index in [1.54, 1.807) is 21.1 Å². The standard InChI is InChI=1S/C19H24O3Se/c1-5-19(22-4,15-10-7-6-8-11-15)23-17-13-9-12-16(21-3)18(17)14(2)20/h6-14,20H,5H2,1-4H3/t14-,19+/m0/s1. The van der Waals surface area contributed by atoms with Crippen molar-refractivity contribution in [3.8, 4) is 5.75 Å². The van der Waals surface area contributed by atoms with Gasteiger partial charge in [-0.2, -0.15) is 0 Å². The Hall–Kier alpha value is -1.32. The van der Waals surface area contributed by atoms with Gasteiger partial charge in [0.05, 0.1) is 0 Å². The third-order valence-electron chi connectivity index (χ3n) is 3.95. The van der Waals surface area contributed by atoms with Gasteiger partial charge in [-0.3, -0.25) is 0 Å². The van der Waals surface area contributed by atoms with Gasteiger partial charge in [0, 0.05) is 0 Å². The van der Waals surface area contributed by atoms with Crippen LogP contribution in [-0.2, 0) is 9.24 Å². The van der Waals surface area contributed by atoms with E-state index in [1.165, 1.54) is 5.56 Å². The summed E-state index contributed by atoms with van der Waals surface area (Å²) in [4.78, 5) is 0. The van der Waals surface area contributed by atoms with Gasteiger partial charge in [-0.1, -0.05) is 0 Å². The van der Waals surface area contributed by atoms with Crippen molar-refractivity contribution in [3.05, 3.63) is 59.7 Å². The first kappa shape index (κ1) is 18.0. The molecule has 0 amide bonds. The van der Waals surface area contributed by atoms with Crippen molar-refractivity contribution in [2.24, 2.45) is 0 Å². The van der Waals surface area contributed by atoms with Gasteiger partial charge in [0.15, 0.2) is 0 Å². The summed E-state index contributed by atoms with van der Waals surface area (Å²) < 4.78 is 12.2. The fraction of sp³-hybridized carbons (Fsp3) is 0.368. The van der Waals surface area contributed by atoms with E-state index in [0.29, 0.717) is 0 Å². The van der Waals surface area contributed by atoms with Crippen molar-refractivity contribution in [1.82, 2.24) is 0 Å². The number of aliphatic hydroxyl groups excluding tert-OH is 1. The molecule has 0 aliphatic heterocycles. The zero-order valence-corrected chi connectivity index (χ0v) is 15.8. The maximum atomic E-state index is 10.2. The zero-order chi connectivity index (χ0) is 16.9. The predicted molar refractivity (Wildman–Crippen MR) is 94.4 cm³/mol. The minimum atomic E-state index is -0.579. The van der Waals surface area contributed by atoms with E-state index in [4.69, 9.17) is 9.47 Å². The summed E-state index contributed by atoms with van der Waals surface area (Å²) >= 11 is -0.0152.